The molecule has 2 amide bonds. The van der Waals surface area contributed by atoms with Crippen molar-refractivity contribution in [3.63, 3.8) is 0 Å². The maximum Gasteiger partial charge on any atom is 0.410 e. The van der Waals surface area contributed by atoms with Gasteiger partial charge in [0, 0.05) is 69.0 Å². The topological polar surface area (TPSA) is 198 Å². The molecule has 0 radical (unpaired) electrons. The predicted molar refractivity (Wildman–Crippen MR) is 224 cm³/mol. The van der Waals surface area contributed by atoms with Gasteiger partial charge in [-0.15, -0.1) is 0 Å². The molecule has 2 N–H and O–H groups in total. The smallest absolute Gasteiger partial charge is 0.410 e. The maximum atomic E-state index is 13.6. The number of nitrogens with zero attached hydrogens (tertiary/aromatic N) is 12. The summed E-state index contributed by atoms with van der Waals surface area (Å²) >= 11 is 0. The molecule has 20 heteroatoms. The van der Waals surface area contributed by atoms with Crippen molar-refractivity contribution in [2.75, 3.05) is 43.4 Å². The Balaban J connectivity index is 0.755. The van der Waals surface area contributed by atoms with Gasteiger partial charge in [0.2, 0.25) is 0 Å². The van der Waals surface area contributed by atoms with Gasteiger partial charge in [0.05, 0.1) is 61.8 Å². The Morgan fingerprint density at radius 1 is 0.726 bits per heavy atom. The normalized spacial score (nSPS) is 20.4. The monoisotopic (exact) mass is 848 g/mol. The number of hydrogen-bond donors (Lipinski definition) is 2. The van der Waals surface area contributed by atoms with Crippen LogP contribution in [0.5, 0.6) is 0 Å². The van der Waals surface area contributed by atoms with Crippen LogP contribution in [0.2, 0.25) is 0 Å². The van der Waals surface area contributed by atoms with E-state index in [0.717, 1.165) is 52.5 Å². The quantitative estimate of drug-likeness (QED) is 0.182. The molecular weight excluding hydrogens is 797 g/mol. The van der Waals surface area contributed by atoms with Crippen molar-refractivity contribution in [1.29, 1.82) is 0 Å². The summed E-state index contributed by atoms with van der Waals surface area (Å²) in [5.74, 6) is 1.59. The fourth-order valence-electron chi connectivity index (χ4n) is 8.93. The van der Waals surface area contributed by atoms with Crippen LogP contribution in [-0.4, -0.2) is 121 Å². The molecule has 0 aromatic carbocycles. The third kappa shape index (κ3) is 8.23. The van der Waals surface area contributed by atoms with Crippen LogP contribution in [0.15, 0.2) is 49.3 Å². The molecule has 0 spiro atoms. The third-order valence-corrected chi connectivity index (χ3v) is 11.9. The summed E-state index contributed by atoms with van der Waals surface area (Å²) in [7, 11) is 0. The number of likely N-dealkylation sites (tertiary alicyclic amines) is 2. The van der Waals surface area contributed by atoms with Crippen molar-refractivity contribution < 1.29 is 28.5 Å². The summed E-state index contributed by atoms with van der Waals surface area (Å²) in [6, 6.07) is 8.12. The zero-order valence-electron chi connectivity index (χ0n) is 35.7. The van der Waals surface area contributed by atoms with E-state index in [-0.39, 0.29) is 30.1 Å². The van der Waals surface area contributed by atoms with E-state index in [2.05, 4.69) is 42.9 Å². The minimum Gasteiger partial charge on any atom is -0.444 e. The highest BCUT2D eigenvalue weighted by atomic mass is 16.6. The number of anilines is 4. The zero-order valence-corrected chi connectivity index (χ0v) is 35.7. The molecule has 2 saturated heterocycles. The first-order valence-electron chi connectivity index (χ1n) is 21.3. The van der Waals surface area contributed by atoms with Crippen molar-refractivity contribution in [1.82, 2.24) is 58.6 Å². The first-order chi connectivity index (χ1) is 29.8. The maximum absolute atomic E-state index is 13.6. The summed E-state index contributed by atoms with van der Waals surface area (Å²) in [6.07, 6.45) is 8.25. The highest BCUT2D eigenvalue weighted by Crippen LogP contribution is 2.35. The Morgan fingerprint density at radius 2 is 1.29 bits per heavy atom. The van der Waals surface area contributed by atoms with E-state index in [1.54, 1.807) is 18.8 Å². The average Bonchev–Trinajstić information content (AvgIpc) is 4.07. The van der Waals surface area contributed by atoms with Crippen molar-refractivity contribution in [3.05, 3.63) is 71.8 Å². The van der Waals surface area contributed by atoms with Crippen LogP contribution >= 0.6 is 0 Å². The van der Waals surface area contributed by atoms with Crippen LogP contribution < -0.4 is 10.6 Å². The number of carbonyl (C=O) groups is 2. The Morgan fingerprint density at radius 3 is 1.87 bits per heavy atom. The number of fused-ring (bicyclic) bond motifs is 4. The van der Waals surface area contributed by atoms with Crippen LogP contribution in [0.1, 0.15) is 88.2 Å². The molecule has 0 saturated carbocycles. The van der Waals surface area contributed by atoms with E-state index in [1.807, 2.05) is 68.5 Å². The lowest BCUT2D eigenvalue weighted by Gasteiger charge is -2.33. The number of ether oxygens (including phenoxy) is 4. The minimum atomic E-state index is -0.796. The molecule has 2 fully saturated rings. The van der Waals surface area contributed by atoms with E-state index >= 15 is 0 Å². The van der Waals surface area contributed by atoms with Gasteiger partial charge in [-0.3, -0.25) is 9.36 Å². The van der Waals surface area contributed by atoms with Gasteiger partial charge in [-0.25, -0.2) is 28.6 Å². The Bertz CT molecular complexity index is 2620. The Hall–Kier alpha value is -6.28. The fraction of sp³-hybridized carbons (Fsp3) is 0.524. The zero-order chi connectivity index (χ0) is 42.8. The van der Waals surface area contributed by atoms with Crippen LogP contribution in [0.4, 0.5) is 32.6 Å². The van der Waals surface area contributed by atoms with Gasteiger partial charge in [0.1, 0.15) is 23.9 Å². The molecule has 0 aliphatic carbocycles. The third-order valence-electron chi connectivity index (χ3n) is 11.9. The van der Waals surface area contributed by atoms with E-state index in [1.165, 1.54) is 12.7 Å². The average molecular weight is 849 g/mol. The number of pyridine rings is 2. The molecule has 3 atom stereocenters. The van der Waals surface area contributed by atoms with Gasteiger partial charge in [-0.2, -0.15) is 20.4 Å². The molecule has 0 bridgehead atoms. The number of nitrogens with one attached hydrogen (secondary N) is 2. The van der Waals surface area contributed by atoms with Crippen molar-refractivity contribution in [2.24, 2.45) is 0 Å². The summed E-state index contributed by atoms with van der Waals surface area (Å²) in [5, 5.41) is 25.4. The standard InChI is InChI=1S/C42H52N14O6/c1-41(2,3)61-39(57)51-8-6-26(17-51)28-13-34(38-44-25-46-56(38)19-28)48-36-15-31-23-60-32(21-54(31)50-36)16-42(4,5)62-40(58)52-9-7-27(18-52)29-12-33(37-43-24-45-55(37)20-29)47-35-14-30-22-59-11-10-53(30)49-35/h12-15,19-20,24-27,32H,6-11,16-18,21-23H2,1-5H3,(H,47,49)(H,48,50)/t26-,27+,32?/m0/s1. The SMILES string of the molecule is CC(C)(C)OC(=O)N1CC[C@H](c2cc(Nc3cc4n(n3)CC(CC(C)(C)OC(=O)N3CC[C@@H](c5cc(Nc6cc7n(n6)CCOC7)c6ncnn6c5)C3)OC4)c3ncnn3c2)C1. The molecule has 4 aliphatic heterocycles. The van der Waals surface area contributed by atoms with Crippen molar-refractivity contribution in [3.8, 4) is 0 Å². The van der Waals surface area contributed by atoms with Crippen LogP contribution in [0, 0.1) is 0 Å². The molecule has 10 rings (SSSR count). The number of rotatable bonds is 9. The van der Waals surface area contributed by atoms with E-state index < -0.39 is 11.2 Å². The van der Waals surface area contributed by atoms with Gasteiger partial charge in [-0.1, -0.05) is 0 Å². The van der Waals surface area contributed by atoms with Gasteiger partial charge >= 0.3 is 12.2 Å². The van der Waals surface area contributed by atoms with Gasteiger partial charge in [0.25, 0.3) is 0 Å². The predicted octanol–water partition coefficient (Wildman–Crippen LogP) is 5.60. The lowest BCUT2D eigenvalue weighted by atomic mass is 9.99. The largest absolute Gasteiger partial charge is 0.444 e. The molecule has 62 heavy (non-hydrogen) atoms. The fourth-order valence-corrected chi connectivity index (χ4v) is 8.93. The number of amides is 2. The van der Waals surface area contributed by atoms with Gasteiger partial charge in [-0.05, 0) is 70.7 Å². The van der Waals surface area contributed by atoms with E-state index in [4.69, 9.17) is 29.1 Å². The minimum absolute atomic E-state index is 0.0895. The van der Waals surface area contributed by atoms with E-state index in [0.29, 0.717) is 82.6 Å². The van der Waals surface area contributed by atoms with E-state index in [9.17, 15) is 9.59 Å². The lowest BCUT2D eigenvalue weighted by molar-refractivity contribution is -0.0616. The second-order valence-corrected chi connectivity index (χ2v) is 18.3. The number of aromatic nitrogens is 10. The first kappa shape index (κ1) is 39.8. The number of carbonyl (C=O) groups excluding carboxylic acids is 2. The van der Waals surface area contributed by atoms with Crippen molar-refractivity contribution >= 4 is 46.5 Å². The molecule has 1 unspecified atom stereocenters. The van der Waals surface area contributed by atoms with Gasteiger partial charge in [0.15, 0.2) is 22.9 Å². The second kappa shape index (κ2) is 15.6. The summed E-state index contributed by atoms with van der Waals surface area (Å²) in [5.41, 5.74) is 5.62. The van der Waals surface area contributed by atoms with Gasteiger partial charge < -0.3 is 39.4 Å². The first-order valence-corrected chi connectivity index (χ1v) is 21.3. The van der Waals surface area contributed by atoms with Crippen LogP contribution in [0.3, 0.4) is 0 Å². The molecule has 4 aliphatic rings. The summed E-state index contributed by atoms with van der Waals surface area (Å²) in [6.45, 7) is 14.5. The number of hydrogen-bond acceptors (Lipinski definition) is 14. The van der Waals surface area contributed by atoms with Crippen molar-refractivity contribution in [2.45, 2.75) is 109 Å². The lowest BCUT2D eigenvalue weighted by Crippen LogP contribution is -2.41. The van der Waals surface area contributed by atoms with Crippen LogP contribution in [0.25, 0.3) is 11.3 Å². The molecule has 326 valence electrons. The highest BCUT2D eigenvalue weighted by Gasteiger charge is 2.36. The molecule has 6 aromatic rings. The summed E-state index contributed by atoms with van der Waals surface area (Å²) in [4.78, 5) is 38.9. The highest BCUT2D eigenvalue weighted by molar-refractivity contribution is 5.75. The van der Waals surface area contributed by atoms with Crippen LogP contribution in [-0.2, 0) is 45.3 Å². The molecule has 6 aromatic heterocycles. The Labute approximate surface area is 357 Å². The second-order valence-electron chi connectivity index (χ2n) is 18.3. The summed E-state index contributed by atoms with van der Waals surface area (Å²) < 4.78 is 31.1. The Kier molecular flexibility index (Phi) is 10.0. The molecule has 20 nitrogen and oxygen atoms in total. The molecular formula is C42H52N14O6. The molecule has 10 heterocycles.